The molecule has 17 heavy (non-hydrogen) atoms. The predicted octanol–water partition coefficient (Wildman–Crippen LogP) is 2.35. The molecular formula is C10H10ClN5S. The van der Waals surface area contributed by atoms with Gasteiger partial charge in [0.2, 0.25) is 5.16 Å². The van der Waals surface area contributed by atoms with Crippen LogP contribution in [0.2, 0.25) is 5.15 Å². The van der Waals surface area contributed by atoms with E-state index >= 15 is 0 Å². The molecule has 0 aliphatic heterocycles. The highest BCUT2D eigenvalue weighted by Gasteiger charge is 2.27. The standard InChI is InChI=1S/C10H10ClN5S/c11-9-5-7(3-4-12-9)6-17-10-13-14-15-16(10)8-1-2-8/h3-5,8H,1-2,6H2. The number of hydrogen-bond acceptors (Lipinski definition) is 5. The molecule has 0 bridgehead atoms. The van der Waals surface area contributed by atoms with Crippen molar-refractivity contribution in [2.75, 3.05) is 0 Å². The molecule has 0 radical (unpaired) electrons. The number of rotatable bonds is 4. The molecule has 1 saturated carbocycles. The lowest BCUT2D eigenvalue weighted by molar-refractivity contribution is 0.565. The quantitative estimate of drug-likeness (QED) is 0.629. The van der Waals surface area contributed by atoms with Crippen molar-refractivity contribution in [3.8, 4) is 0 Å². The van der Waals surface area contributed by atoms with Crippen molar-refractivity contribution in [3.05, 3.63) is 29.0 Å². The van der Waals surface area contributed by atoms with Crippen molar-refractivity contribution in [3.63, 3.8) is 0 Å². The Kier molecular flexibility index (Phi) is 2.98. The third-order valence-electron chi connectivity index (χ3n) is 2.51. The van der Waals surface area contributed by atoms with Crippen LogP contribution in [0.3, 0.4) is 0 Å². The number of halogens is 1. The van der Waals surface area contributed by atoms with Gasteiger partial charge in [-0.25, -0.2) is 9.67 Å². The second kappa shape index (κ2) is 4.62. The number of tetrazole rings is 1. The van der Waals surface area contributed by atoms with E-state index in [0.717, 1.165) is 16.5 Å². The van der Waals surface area contributed by atoms with E-state index in [-0.39, 0.29) is 0 Å². The van der Waals surface area contributed by atoms with Gasteiger partial charge < -0.3 is 0 Å². The van der Waals surface area contributed by atoms with E-state index in [2.05, 4.69) is 20.5 Å². The van der Waals surface area contributed by atoms with Crippen molar-refractivity contribution in [2.24, 2.45) is 0 Å². The summed E-state index contributed by atoms with van der Waals surface area (Å²) in [5, 5.41) is 13.1. The minimum Gasteiger partial charge on any atom is -0.245 e. The molecule has 0 aromatic carbocycles. The number of aromatic nitrogens is 5. The molecule has 3 rings (SSSR count). The minimum atomic E-state index is 0.508. The summed E-state index contributed by atoms with van der Waals surface area (Å²) >= 11 is 7.46. The summed E-state index contributed by atoms with van der Waals surface area (Å²) in [7, 11) is 0. The van der Waals surface area contributed by atoms with Crippen LogP contribution in [0, 0.1) is 0 Å². The Morgan fingerprint density at radius 2 is 2.35 bits per heavy atom. The van der Waals surface area contributed by atoms with Gasteiger partial charge in [0.25, 0.3) is 0 Å². The lowest BCUT2D eigenvalue weighted by Gasteiger charge is -2.02. The first-order valence-corrected chi connectivity index (χ1v) is 6.70. The van der Waals surface area contributed by atoms with Gasteiger partial charge in [-0.1, -0.05) is 23.4 Å². The van der Waals surface area contributed by atoms with Gasteiger partial charge in [0.15, 0.2) is 0 Å². The molecule has 0 atom stereocenters. The van der Waals surface area contributed by atoms with Crippen LogP contribution in [0.25, 0.3) is 0 Å². The van der Waals surface area contributed by atoms with Gasteiger partial charge in [0.05, 0.1) is 6.04 Å². The highest BCUT2D eigenvalue weighted by Crippen LogP contribution is 2.36. The molecule has 2 aromatic heterocycles. The third kappa shape index (κ3) is 2.58. The van der Waals surface area contributed by atoms with Gasteiger partial charge in [0, 0.05) is 11.9 Å². The Labute approximate surface area is 108 Å². The Balaban J connectivity index is 1.69. The first-order valence-electron chi connectivity index (χ1n) is 5.34. The van der Waals surface area contributed by atoms with Crippen molar-refractivity contribution in [2.45, 2.75) is 29.8 Å². The van der Waals surface area contributed by atoms with Crippen LogP contribution >= 0.6 is 23.4 Å². The molecule has 1 aliphatic rings. The Bertz CT molecular complexity index is 525. The second-order valence-corrected chi connectivity index (χ2v) is 5.24. The molecule has 7 heteroatoms. The fourth-order valence-corrected chi connectivity index (χ4v) is 2.59. The van der Waals surface area contributed by atoms with E-state index < -0.39 is 0 Å². The largest absolute Gasteiger partial charge is 0.245 e. The van der Waals surface area contributed by atoms with Gasteiger partial charge in [0.1, 0.15) is 5.15 Å². The summed E-state index contributed by atoms with van der Waals surface area (Å²) in [6.45, 7) is 0. The summed E-state index contributed by atoms with van der Waals surface area (Å²) in [5.41, 5.74) is 1.13. The molecule has 0 N–H and O–H groups in total. The zero-order valence-electron chi connectivity index (χ0n) is 8.95. The van der Waals surface area contributed by atoms with Gasteiger partial charge in [-0.2, -0.15) is 0 Å². The maximum atomic E-state index is 5.83. The Morgan fingerprint density at radius 3 is 3.12 bits per heavy atom. The molecule has 5 nitrogen and oxygen atoms in total. The number of thioether (sulfide) groups is 1. The fourth-order valence-electron chi connectivity index (χ4n) is 1.51. The van der Waals surface area contributed by atoms with Crippen LogP contribution in [0.4, 0.5) is 0 Å². The van der Waals surface area contributed by atoms with Crippen molar-refractivity contribution in [1.29, 1.82) is 0 Å². The zero-order valence-corrected chi connectivity index (χ0v) is 10.5. The molecule has 0 saturated heterocycles. The minimum absolute atomic E-state index is 0.508. The van der Waals surface area contributed by atoms with Crippen molar-refractivity contribution >= 4 is 23.4 Å². The molecule has 0 spiro atoms. The average Bonchev–Trinajstić information content (AvgIpc) is 3.06. The number of nitrogens with zero attached hydrogens (tertiary/aromatic N) is 5. The van der Waals surface area contributed by atoms with Crippen LogP contribution in [0.5, 0.6) is 0 Å². The highest BCUT2D eigenvalue weighted by atomic mass is 35.5. The molecule has 1 aliphatic carbocycles. The summed E-state index contributed by atoms with van der Waals surface area (Å²) < 4.78 is 1.91. The Morgan fingerprint density at radius 1 is 1.47 bits per heavy atom. The summed E-state index contributed by atoms with van der Waals surface area (Å²) in [6, 6.07) is 4.32. The fraction of sp³-hybridized carbons (Fsp3) is 0.400. The lowest BCUT2D eigenvalue weighted by Crippen LogP contribution is -1.98. The van der Waals surface area contributed by atoms with Crippen LogP contribution < -0.4 is 0 Å². The molecule has 0 amide bonds. The Hall–Kier alpha value is -1.14. The van der Waals surface area contributed by atoms with Gasteiger partial charge in [-0.15, -0.1) is 5.10 Å². The normalized spacial score (nSPS) is 15.1. The van der Waals surface area contributed by atoms with Crippen LogP contribution in [-0.4, -0.2) is 25.2 Å². The molecular weight excluding hydrogens is 258 g/mol. The first kappa shape index (κ1) is 11.0. The van der Waals surface area contributed by atoms with Crippen molar-refractivity contribution in [1.82, 2.24) is 25.2 Å². The van der Waals surface area contributed by atoms with E-state index in [4.69, 9.17) is 11.6 Å². The predicted molar refractivity (Wildman–Crippen MR) is 64.9 cm³/mol. The summed E-state index contributed by atoms with van der Waals surface area (Å²) in [6.07, 6.45) is 4.07. The second-order valence-electron chi connectivity index (χ2n) is 3.91. The topological polar surface area (TPSA) is 56.5 Å². The van der Waals surface area contributed by atoms with Crippen LogP contribution in [-0.2, 0) is 5.75 Å². The van der Waals surface area contributed by atoms with E-state index in [1.165, 1.54) is 12.8 Å². The molecule has 88 valence electrons. The van der Waals surface area contributed by atoms with E-state index in [9.17, 15) is 0 Å². The SMILES string of the molecule is Clc1cc(CSc2nnnn2C2CC2)ccn1. The van der Waals surface area contributed by atoms with E-state index in [0.29, 0.717) is 11.2 Å². The zero-order chi connectivity index (χ0) is 11.7. The number of pyridine rings is 1. The number of hydrogen-bond donors (Lipinski definition) is 0. The van der Waals surface area contributed by atoms with Crippen LogP contribution in [0.15, 0.2) is 23.5 Å². The molecule has 2 aromatic rings. The highest BCUT2D eigenvalue weighted by molar-refractivity contribution is 7.98. The smallest absolute Gasteiger partial charge is 0.209 e. The molecule has 0 unspecified atom stereocenters. The maximum Gasteiger partial charge on any atom is 0.209 e. The molecule has 2 heterocycles. The third-order valence-corrected chi connectivity index (χ3v) is 3.73. The summed E-state index contributed by atoms with van der Waals surface area (Å²) in [5.74, 6) is 0.801. The monoisotopic (exact) mass is 267 g/mol. The molecule has 1 fully saturated rings. The van der Waals surface area contributed by atoms with Gasteiger partial charge in [-0.05, 0) is 41.0 Å². The van der Waals surface area contributed by atoms with Gasteiger partial charge in [-0.3, -0.25) is 0 Å². The van der Waals surface area contributed by atoms with E-state index in [1.54, 1.807) is 18.0 Å². The first-order chi connectivity index (χ1) is 8.33. The average molecular weight is 268 g/mol. The maximum absolute atomic E-state index is 5.83. The van der Waals surface area contributed by atoms with Crippen LogP contribution in [0.1, 0.15) is 24.4 Å². The van der Waals surface area contributed by atoms with Crippen molar-refractivity contribution < 1.29 is 0 Å². The van der Waals surface area contributed by atoms with E-state index in [1.807, 2.05) is 16.8 Å². The summed E-state index contributed by atoms with van der Waals surface area (Å²) in [4.78, 5) is 3.95. The van der Waals surface area contributed by atoms with Gasteiger partial charge >= 0.3 is 0 Å². The lowest BCUT2D eigenvalue weighted by atomic mass is 10.3.